The van der Waals surface area contributed by atoms with Crippen LogP contribution in [-0.2, 0) is 6.42 Å². The van der Waals surface area contributed by atoms with E-state index in [0.29, 0.717) is 0 Å². The zero-order valence-electron chi connectivity index (χ0n) is 11.4. The number of fused-ring (bicyclic) bond motifs is 2. The van der Waals surface area contributed by atoms with Crippen molar-refractivity contribution >= 4 is 0 Å². The van der Waals surface area contributed by atoms with Crippen LogP contribution in [0.5, 0.6) is 0 Å². The molecule has 0 amide bonds. The Balaban J connectivity index is 1.60. The lowest BCUT2D eigenvalue weighted by Crippen LogP contribution is -2.17. The van der Waals surface area contributed by atoms with Crippen LogP contribution in [0.15, 0.2) is 4.42 Å². The molecular weight excluding hydrogens is 226 g/mol. The molecule has 2 saturated carbocycles. The maximum absolute atomic E-state index is 5.78. The zero-order chi connectivity index (χ0) is 12.5. The highest BCUT2D eigenvalue weighted by Gasteiger charge is 2.40. The smallest absolute Gasteiger partial charge is 0.233 e. The van der Waals surface area contributed by atoms with Crippen LogP contribution >= 0.6 is 0 Å². The molecule has 18 heavy (non-hydrogen) atoms. The van der Waals surface area contributed by atoms with Crippen molar-refractivity contribution in [3.05, 3.63) is 11.8 Å². The predicted molar refractivity (Wildman–Crippen MR) is 69.0 cm³/mol. The Bertz CT molecular complexity index is 403. The molecule has 2 aliphatic carbocycles. The summed E-state index contributed by atoms with van der Waals surface area (Å²) in [6.45, 7) is 5.08. The van der Waals surface area contributed by atoms with Crippen molar-refractivity contribution in [2.24, 2.45) is 17.8 Å². The number of hydrogen-bond donors (Lipinski definition) is 1. The van der Waals surface area contributed by atoms with Crippen LogP contribution in [0.2, 0.25) is 0 Å². The van der Waals surface area contributed by atoms with Gasteiger partial charge >= 0.3 is 0 Å². The lowest BCUT2D eigenvalue weighted by Gasteiger charge is -2.19. The third-order valence-corrected chi connectivity index (χ3v) is 4.68. The maximum Gasteiger partial charge on any atom is 0.233 e. The van der Waals surface area contributed by atoms with Gasteiger partial charge in [0.05, 0.1) is 6.04 Å². The average Bonchev–Trinajstić information content (AvgIpc) is 3.04. The van der Waals surface area contributed by atoms with Crippen LogP contribution in [0.25, 0.3) is 0 Å². The van der Waals surface area contributed by atoms with Crippen molar-refractivity contribution in [2.75, 3.05) is 6.54 Å². The highest BCUT2D eigenvalue weighted by molar-refractivity contribution is 4.95. The predicted octanol–water partition coefficient (Wildman–Crippen LogP) is 2.72. The van der Waals surface area contributed by atoms with Gasteiger partial charge < -0.3 is 9.73 Å². The first-order valence-corrected chi connectivity index (χ1v) is 7.32. The van der Waals surface area contributed by atoms with Gasteiger partial charge in [0, 0.05) is 6.42 Å². The molecule has 0 radical (unpaired) electrons. The van der Waals surface area contributed by atoms with E-state index in [9.17, 15) is 0 Å². The van der Waals surface area contributed by atoms with Gasteiger partial charge in [-0.15, -0.1) is 10.2 Å². The van der Waals surface area contributed by atoms with E-state index in [1.54, 1.807) is 0 Å². The van der Waals surface area contributed by atoms with Crippen LogP contribution in [0.4, 0.5) is 0 Å². The molecule has 0 aliphatic heterocycles. The molecule has 1 heterocycles. The normalized spacial score (nSPS) is 32.0. The van der Waals surface area contributed by atoms with E-state index in [1.807, 2.05) is 0 Å². The van der Waals surface area contributed by atoms with Gasteiger partial charge in [-0.2, -0.15) is 0 Å². The van der Waals surface area contributed by atoms with E-state index >= 15 is 0 Å². The largest absolute Gasteiger partial charge is 0.424 e. The lowest BCUT2D eigenvalue weighted by atomic mass is 9.86. The fourth-order valence-corrected chi connectivity index (χ4v) is 3.77. The summed E-state index contributed by atoms with van der Waals surface area (Å²) >= 11 is 0. The molecule has 3 rings (SSSR count). The Kier molecular flexibility index (Phi) is 3.37. The number of nitrogens with zero attached hydrogens (tertiary/aromatic N) is 2. The Morgan fingerprint density at radius 2 is 2.22 bits per heavy atom. The molecule has 2 bridgehead atoms. The fourth-order valence-electron chi connectivity index (χ4n) is 3.77. The SMILES string of the molecule is CCNC(C)c1nnc(CC2CC3CCC2C3)o1. The average molecular weight is 249 g/mol. The van der Waals surface area contributed by atoms with Crippen molar-refractivity contribution in [2.45, 2.75) is 52.0 Å². The highest BCUT2D eigenvalue weighted by Crippen LogP contribution is 2.49. The van der Waals surface area contributed by atoms with Gasteiger partial charge in [-0.25, -0.2) is 0 Å². The monoisotopic (exact) mass is 249 g/mol. The van der Waals surface area contributed by atoms with Gasteiger partial charge in [-0.3, -0.25) is 0 Å². The van der Waals surface area contributed by atoms with Crippen LogP contribution < -0.4 is 5.32 Å². The van der Waals surface area contributed by atoms with Gasteiger partial charge in [0.2, 0.25) is 11.8 Å². The minimum absolute atomic E-state index is 0.163. The Morgan fingerprint density at radius 1 is 1.33 bits per heavy atom. The van der Waals surface area contributed by atoms with Crippen molar-refractivity contribution in [3.63, 3.8) is 0 Å². The molecule has 4 nitrogen and oxygen atoms in total. The van der Waals surface area contributed by atoms with Crippen LogP contribution in [0.3, 0.4) is 0 Å². The van der Waals surface area contributed by atoms with E-state index < -0.39 is 0 Å². The number of rotatable bonds is 5. The van der Waals surface area contributed by atoms with Gasteiger partial charge in [0.1, 0.15) is 0 Å². The third-order valence-electron chi connectivity index (χ3n) is 4.68. The maximum atomic E-state index is 5.78. The number of aromatic nitrogens is 2. The fraction of sp³-hybridized carbons (Fsp3) is 0.857. The van der Waals surface area contributed by atoms with E-state index in [-0.39, 0.29) is 6.04 Å². The molecule has 4 unspecified atom stereocenters. The first kappa shape index (κ1) is 12.2. The molecule has 100 valence electrons. The van der Waals surface area contributed by atoms with Crippen molar-refractivity contribution in [3.8, 4) is 0 Å². The van der Waals surface area contributed by atoms with Crippen LogP contribution in [0.1, 0.15) is 57.4 Å². The second-order valence-corrected chi connectivity index (χ2v) is 5.95. The van der Waals surface area contributed by atoms with Crippen LogP contribution in [0, 0.1) is 17.8 Å². The number of hydrogen-bond acceptors (Lipinski definition) is 4. The van der Waals surface area contributed by atoms with E-state index in [2.05, 4.69) is 29.4 Å². The molecule has 1 aromatic heterocycles. The molecule has 2 fully saturated rings. The first-order chi connectivity index (χ1) is 8.76. The quantitative estimate of drug-likeness (QED) is 0.871. The highest BCUT2D eigenvalue weighted by atomic mass is 16.4. The van der Waals surface area contributed by atoms with Crippen molar-refractivity contribution in [1.29, 1.82) is 0 Å². The molecular formula is C14H23N3O. The Morgan fingerprint density at radius 3 is 2.89 bits per heavy atom. The van der Waals surface area contributed by atoms with Crippen molar-refractivity contribution < 1.29 is 4.42 Å². The number of nitrogens with one attached hydrogen (secondary N) is 1. The van der Waals surface area contributed by atoms with Gasteiger partial charge in [0.15, 0.2) is 0 Å². The van der Waals surface area contributed by atoms with Crippen molar-refractivity contribution in [1.82, 2.24) is 15.5 Å². The summed E-state index contributed by atoms with van der Waals surface area (Å²) in [6, 6.07) is 0.163. The standard InChI is InChI=1S/C14H23N3O/c1-3-15-9(2)14-17-16-13(18-14)8-12-7-10-4-5-11(12)6-10/h9-12,15H,3-8H2,1-2H3. The second-order valence-electron chi connectivity index (χ2n) is 5.95. The summed E-state index contributed by atoms with van der Waals surface area (Å²) in [5.41, 5.74) is 0. The second kappa shape index (κ2) is 5.00. The molecule has 1 N–H and O–H groups in total. The molecule has 4 atom stereocenters. The van der Waals surface area contributed by atoms with Gasteiger partial charge in [0.25, 0.3) is 0 Å². The molecule has 2 aliphatic rings. The summed E-state index contributed by atoms with van der Waals surface area (Å²) in [5.74, 6) is 4.29. The summed E-state index contributed by atoms with van der Waals surface area (Å²) in [5, 5.41) is 11.7. The topological polar surface area (TPSA) is 51.0 Å². The summed E-state index contributed by atoms with van der Waals surface area (Å²) in [7, 11) is 0. The van der Waals surface area contributed by atoms with E-state index in [0.717, 1.165) is 42.5 Å². The third kappa shape index (κ3) is 2.30. The van der Waals surface area contributed by atoms with Gasteiger partial charge in [-0.05, 0) is 50.5 Å². The minimum Gasteiger partial charge on any atom is -0.424 e. The molecule has 0 saturated heterocycles. The Hall–Kier alpha value is -0.900. The summed E-state index contributed by atoms with van der Waals surface area (Å²) < 4.78 is 5.78. The molecule has 4 heteroatoms. The molecule has 0 aromatic carbocycles. The van der Waals surface area contributed by atoms with Gasteiger partial charge in [-0.1, -0.05) is 13.3 Å². The molecule has 1 aromatic rings. The lowest BCUT2D eigenvalue weighted by molar-refractivity contribution is 0.299. The van der Waals surface area contributed by atoms with E-state index in [4.69, 9.17) is 4.42 Å². The van der Waals surface area contributed by atoms with E-state index in [1.165, 1.54) is 25.7 Å². The first-order valence-electron chi connectivity index (χ1n) is 7.32. The van der Waals surface area contributed by atoms with Crippen LogP contribution in [-0.4, -0.2) is 16.7 Å². The Labute approximate surface area is 109 Å². The minimum atomic E-state index is 0.163. The molecule has 0 spiro atoms. The summed E-state index contributed by atoms with van der Waals surface area (Å²) in [6.07, 6.45) is 6.69. The summed E-state index contributed by atoms with van der Waals surface area (Å²) in [4.78, 5) is 0. The zero-order valence-corrected chi connectivity index (χ0v) is 11.4.